The molecule has 5 heteroatoms. The Morgan fingerprint density at radius 2 is 2.44 bits per heavy atom. The Balaban J connectivity index is 2.14. The van der Waals surface area contributed by atoms with Crippen LogP contribution in [0, 0.1) is 0 Å². The molecule has 1 heterocycles. The third-order valence-corrected chi connectivity index (χ3v) is 2.75. The van der Waals surface area contributed by atoms with Gasteiger partial charge in [0.25, 0.3) is 0 Å². The van der Waals surface area contributed by atoms with E-state index >= 15 is 0 Å². The third kappa shape index (κ3) is 2.28. The van der Waals surface area contributed by atoms with Crippen molar-refractivity contribution in [2.24, 2.45) is 0 Å². The number of nitrogens with one attached hydrogen (secondary N) is 1. The Morgan fingerprint density at radius 1 is 1.56 bits per heavy atom. The Hall–Kier alpha value is -1.26. The first-order valence-corrected chi connectivity index (χ1v) is 5.32. The topological polar surface area (TPSA) is 66.9 Å². The molecular weight excluding hydrogens is 206 g/mol. The van der Waals surface area contributed by atoms with Crippen LogP contribution in [0.15, 0.2) is 23.8 Å². The lowest BCUT2D eigenvalue weighted by molar-refractivity contribution is -0.0188. The average Bonchev–Trinajstić information content (AvgIpc) is 2.39. The van der Waals surface area contributed by atoms with E-state index in [4.69, 9.17) is 15.0 Å². The zero-order valence-corrected chi connectivity index (χ0v) is 9.22. The molecule has 1 aliphatic carbocycles. The molecule has 0 saturated carbocycles. The van der Waals surface area contributed by atoms with Gasteiger partial charge in [-0.2, -0.15) is 4.79 Å². The molecule has 2 aliphatic rings. The fourth-order valence-electron chi connectivity index (χ4n) is 1.87. The lowest BCUT2D eigenvalue weighted by atomic mass is 9.98. The van der Waals surface area contributed by atoms with Crippen molar-refractivity contribution in [3.8, 4) is 0 Å². The van der Waals surface area contributed by atoms with Crippen molar-refractivity contribution in [1.82, 2.24) is 5.32 Å². The summed E-state index contributed by atoms with van der Waals surface area (Å²) in [7, 11) is 1.59. The fraction of sp³-hybridized carbons (Fsp3) is 0.545. The highest BCUT2D eigenvalue weighted by atomic mass is 16.5. The van der Waals surface area contributed by atoms with Crippen molar-refractivity contribution >= 4 is 5.71 Å². The number of rotatable bonds is 2. The predicted molar refractivity (Wildman–Crippen MR) is 59.3 cm³/mol. The first-order chi connectivity index (χ1) is 7.85. The van der Waals surface area contributed by atoms with Gasteiger partial charge in [0.2, 0.25) is 0 Å². The summed E-state index contributed by atoms with van der Waals surface area (Å²) in [5.74, 6) is 0. The van der Waals surface area contributed by atoms with E-state index in [9.17, 15) is 0 Å². The van der Waals surface area contributed by atoms with Crippen LogP contribution in [0.2, 0.25) is 0 Å². The molecule has 2 atom stereocenters. The Labute approximate surface area is 94.4 Å². The van der Waals surface area contributed by atoms with Crippen molar-refractivity contribution in [2.45, 2.75) is 12.2 Å². The molecule has 0 amide bonds. The van der Waals surface area contributed by atoms with Crippen LogP contribution in [-0.4, -0.2) is 49.5 Å². The number of morpholine rings is 1. The van der Waals surface area contributed by atoms with Crippen LogP contribution in [0.5, 0.6) is 0 Å². The second-order valence-electron chi connectivity index (χ2n) is 3.74. The molecule has 5 nitrogen and oxygen atoms in total. The highest BCUT2D eigenvalue weighted by molar-refractivity contribution is 5.97. The lowest BCUT2D eigenvalue weighted by Gasteiger charge is -2.26. The number of methoxy groups -OCH3 is 1. The second-order valence-corrected chi connectivity index (χ2v) is 3.74. The Bertz CT molecular complexity index is 363. The zero-order valence-electron chi connectivity index (χ0n) is 9.22. The molecule has 0 aromatic rings. The van der Waals surface area contributed by atoms with Gasteiger partial charge in [-0.25, -0.2) is 0 Å². The molecule has 1 saturated heterocycles. The number of hydrogen-bond donors (Lipinski definition) is 1. The maximum absolute atomic E-state index is 8.77. The molecule has 0 aromatic heterocycles. The molecule has 2 rings (SSSR count). The van der Waals surface area contributed by atoms with E-state index in [1.54, 1.807) is 13.2 Å². The van der Waals surface area contributed by atoms with Gasteiger partial charge in [-0.1, -0.05) is 0 Å². The summed E-state index contributed by atoms with van der Waals surface area (Å²) in [5.41, 5.74) is 10.3. The molecule has 2 unspecified atom stereocenters. The summed E-state index contributed by atoms with van der Waals surface area (Å²) in [6.07, 6.45) is 5.34. The summed E-state index contributed by atoms with van der Waals surface area (Å²) in [6.45, 7) is 2.41. The maximum Gasteiger partial charge on any atom is 0.324 e. The highest BCUT2D eigenvalue weighted by Crippen LogP contribution is 2.17. The number of hydrogen-bond acceptors (Lipinski definition) is 3. The second kappa shape index (κ2) is 5.18. The van der Waals surface area contributed by atoms with Crippen LogP contribution in [0.4, 0.5) is 0 Å². The minimum atomic E-state index is -0.296. The standard InChI is InChI=1S/C11H15N3O2/c1-15-10-6-8(2-3-9(10)14-12)11-7-13-4-5-16-11/h2-3,6,10-11,13H,4-5,7H2,1H3. The van der Waals surface area contributed by atoms with Crippen molar-refractivity contribution in [2.75, 3.05) is 26.8 Å². The van der Waals surface area contributed by atoms with Gasteiger partial charge in [-0.05, 0) is 17.7 Å². The van der Waals surface area contributed by atoms with Gasteiger partial charge in [0.05, 0.1) is 12.7 Å². The summed E-state index contributed by atoms with van der Waals surface area (Å²) in [6, 6.07) is 0. The van der Waals surface area contributed by atoms with Crippen LogP contribution in [0.3, 0.4) is 0 Å². The van der Waals surface area contributed by atoms with E-state index in [0.29, 0.717) is 12.3 Å². The van der Waals surface area contributed by atoms with Crippen LogP contribution in [0.25, 0.3) is 5.53 Å². The highest BCUT2D eigenvalue weighted by Gasteiger charge is 2.26. The molecule has 0 spiro atoms. The van der Waals surface area contributed by atoms with E-state index in [1.807, 2.05) is 12.2 Å². The monoisotopic (exact) mass is 221 g/mol. The third-order valence-electron chi connectivity index (χ3n) is 2.75. The SMILES string of the molecule is COC1C=C(C2CNCCO2)C=CC1=[N+]=[N-]. The van der Waals surface area contributed by atoms with Crippen molar-refractivity contribution in [3.05, 3.63) is 29.3 Å². The number of nitrogens with zero attached hydrogens (tertiary/aromatic N) is 2. The molecule has 1 N–H and O–H groups in total. The molecule has 1 aliphatic heterocycles. The van der Waals surface area contributed by atoms with E-state index in [0.717, 1.165) is 18.7 Å². The van der Waals surface area contributed by atoms with Gasteiger partial charge in [-0.3, -0.25) is 0 Å². The molecule has 86 valence electrons. The first-order valence-electron chi connectivity index (χ1n) is 5.32. The van der Waals surface area contributed by atoms with Gasteiger partial charge in [-0.15, -0.1) is 0 Å². The first kappa shape index (κ1) is 11.2. The minimum absolute atomic E-state index is 0.0582. The molecule has 1 fully saturated rings. The van der Waals surface area contributed by atoms with E-state index in [2.05, 4.69) is 10.1 Å². The molecule has 0 radical (unpaired) electrons. The van der Waals surface area contributed by atoms with E-state index in [-0.39, 0.29) is 12.2 Å². The Kier molecular flexibility index (Phi) is 3.64. The molecular formula is C11H15N3O2. The number of ether oxygens (including phenoxy) is 2. The van der Waals surface area contributed by atoms with Crippen LogP contribution in [0.1, 0.15) is 0 Å². The largest absolute Gasteiger partial charge is 0.371 e. The predicted octanol–water partition coefficient (Wildman–Crippen LogP) is 0.157. The smallest absolute Gasteiger partial charge is 0.324 e. The van der Waals surface area contributed by atoms with Gasteiger partial charge in [0.15, 0.2) is 6.10 Å². The fourth-order valence-corrected chi connectivity index (χ4v) is 1.87. The van der Waals surface area contributed by atoms with Crippen LogP contribution in [-0.2, 0) is 9.47 Å². The Morgan fingerprint density at radius 3 is 3.06 bits per heavy atom. The molecule has 0 aromatic carbocycles. The van der Waals surface area contributed by atoms with Crippen molar-refractivity contribution < 1.29 is 14.3 Å². The van der Waals surface area contributed by atoms with Gasteiger partial charge in [0, 0.05) is 26.3 Å². The minimum Gasteiger partial charge on any atom is -0.371 e. The molecule has 0 bridgehead atoms. The van der Waals surface area contributed by atoms with Crippen molar-refractivity contribution in [3.63, 3.8) is 0 Å². The lowest BCUT2D eigenvalue weighted by Crippen LogP contribution is -2.40. The van der Waals surface area contributed by atoms with E-state index < -0.39 is 0 Å². The average molecular weight is 221 g/mol. The van der Waals surface area contributed by atoms with Crippen LogP contribution >= 0.6 is 0 Å². The summed E-state index contributed by atoms with van der Waals surface area (Å²) in [4.78, 5) is 3.18. The van der Waals surface area contributed by atoms with Gasteiger partial charge in [0.1, 0.15) is 0 Å². The normalized spacial score (nSPS) is 29.8. The summed E-state index contributed by atoms with van der Waals surface area (Å²) >= 11 is 0. The van der Waals surface area contributed by atoms with E-state index in [1.165, 1.54) is 0 Å². The van der Waals surface area contributed by atoms with Crippen LogP contribution < -0.4 is 5.32 Å². The van der Waals surface area contributed by atoms with Crippen molar-refractivity contribution in [1.29, 1.82) is 0 Å². The van der Waals surface area contributed by atoms with Gasteiger partial charge >= 0.3 is 5.71 Å². The zero-order chi connectivity index (χ0) is 11.4. The maximum atomic E-state index is 8.77. The summed E-state index contributed by atoms with van der Waals surface area (Å²) in [5, 5.41) is 3.27. The summed E-state index contributed by atoms with van der Waals surface area (Å²) < 4.78 is 10.9. The quantitative estimate of drug-likeness (QED) is 0.533. The van der Waals surface area contributed by atoms with Gasteiger partial charge < -0.3 is 20.3 Å². The molecule has 16 heavy (non-hydrogen) atoms.